The molecule has 0 amide bonds. The van der Waals surface area contributed by atoms with Crippen LogP contribution in [0.4, 0.5) is 0 Å². The van der Waals surface area contributed by atoms with E-state index in [1.165, 1.54) is 17.5 Å². The molecule has 18 heavy (non-hydrogen) atoms. The van der Waals surface area contributed by atoms with Crippen molar-refractivity contribution in [1.82, 2.24) is 0 Å². The van der Waals surface area contributed by atoms with Crippen LogP contribution in [-0.2, 0) is 20.7 Å². The second-order valence-electron chi connectivity index (χ2n) is 4.97. The summed E-state index contributed by atoms with van der Waals surface area (Å²) in [7, 11) is 0. The highest BCUT2D eigenvalue weighted by Gasteiger charge is 2.51. The van der Waals surface area contributed by atoms with Gasteiger partial charge in [0.05, 0.1) is 6.61 Å². The van der Waals surface area contributed by atoms with Crippen molar-refractivity contribution in [3.63, 3.8) is 0 Å². The van der Waals surface area contributed by atoms with Crippen LogP contribution < -0.4 is 0 Å². The molecule has 3 atom stereocenters. The first-order valence-corrected chi connectivity index (χ1v) is 6.71. The van der Waals surface area contributed by atoms with E-state index in [0.29, 0.717) is 12.5 Å². The molecule has 0 bridgehead atoms. The summed E-state index contributed by atoms with van der Waals surface area (Å²) in [5.74, 6) is 0.162. The molecule has 0 unspecified atom stereocenters. The Balaban J connectivity index is 1.74. The summed E-state index contributed by atoms with van der Waals surface area (Å²) in [4.78, 5) is 11.6. The second kappa shape index (κ2) is 4.73. The Hall–Kier alpha value is -1.35. The molecule has 0 spiro atoms. The molecule has 0 N–H and O–H groups in total. The van der Waals surface area contributed by atoms with E-state index in [1.54, 1.807) is 0 Å². The zero-order chi connectivity index (χ0) is 12.5. The lowest BCUT2D eigenvalue weighted by Gasteiger charge is -2.24. The molecule has 1 heterocycles. The van der Waals surface area contributed by atoms with E-state index in [2.05, 4.69) is 24.3 Å². The average Bonchev–Trinajstić information content (AvgIpc) is 3.18. The Morgan fingerprint density at radius 3 is 3.11 bits per heavy atom. The molecule has 3 nitrogen and oxygen atoms in total. The van der Waals surface area contributed by atoms with E-state index in [4.69, 9.17) is 9.47 Å². The lowest BCUT2D eigenvalue weighted by Crippen LogP contribution is -2.20. The summed E-state index contributed by atoms with van der Waals surface area (Å²) in [6.07, 6.45) is 3.13. The van der Waals surface area contributed by atoms with E-state index in [1.807, 2.05) is 6.92 Å². The summed E-state index contributed by atoms with van der Waals surface area (Å²) in [6.45, 7) is 2.25. The molecule has 0 saturated carbocycles. The van der Waals surface area contributed by atoms with E-state index in [-0.39, 0.29) is 18.2 Å². The Labute approximate surface area is 107 Å². The maximum absolute atomic E-state index is 11.6. The van der Waals surface area contributed by atoms with Crippen LogP contribution >= 0.6 is 0 Å². The Bertz CT molecular complexity index is 455. The fraction of sp³-hybridized carbons (Fsp3) is 0.533. The van der Waals surface area contributed by atoms with Gasteiger partial charge in [0.25, 0.3) is 0 Å². The minimum atomic E-state index is -0.332. The quantitative estimate of drug-likeness (QED) is 0.607. The van der Waals surface area contributed by atoms with Crippen molar-refractivity contribution in [1.29, 1.82) is 0 Å². The van der Waals surface area contributed by atoms with E-state index >= 15 is 0 Å². The van der Waals surface area contributed by atoms with Gasteiger partial charge in [-0.25, -0.2) is 4.79 Å². The SMILES string of the molecule is CCOC(=O)[C@@H]1O[C@@H]1[C@@H]1CCCc2ccccc21. The third-order valence-electron chi connectivity index (χ3n) is 3.86. The highest BCUT2D eigenvalue weighted by Crippen LogP contribution is 2.43. The van der Waals surface area contributed by atoms with Gasteiger partial charge in [0.2, 0.25) is 0 Å². The van der Waals surface area contributed by atoms with Crippen molar-refractivity contribution in [3.05, 3.63) is 35.4 Å². The van der Waals surface area contributed by atoms with Crippen LogP contribution in [0.25, 0.3) is 0 Å². The van der Waals surface area contributed by atoms with Crippen LogP contribution in [0.1, 0.15) is 36.8 Å². The Kier molecular flexibility index (Phi) is 3.08. The number of ether oxygens (including phenoxy) is 2. The highest BCUT2D eigenvalue weighted by atomic mass is 16.6. The van der Waals surface area contributed by atoms with Crippen LogP contribution in [0.3, 0.4) is 0 Å². The van der Waals surface area contributed by atoms with E-state index in [0.717, 1.165) is 12.8 Å². The lowest BCUT2D eigenvalue weighted by molar-refractivity contribution is -0.144. The summed E-state index contributed by atoms with van der Waals surface area (Å²) >= 11 is 0. The predicted molar refractivity (Wildman–Crippen MR) is 67.4 cm³/mol. The number of epoxide rings is 1. The molecular formula is C15H18O3. The molecule has 1 fully saturated rings. The lowest BCUT2D eigenvalue weighted by atomic mass is 9.80. The molecule has 96 valence electrons. The minimum Gasteiger partial charge on any atom is -0.464 e. The molecule has 0 radical (unpaired) electrons. The van der Waals surface area contributed by atoms with Crippen LogP contribution in [0.2, 0.25) is 0 Å². The highest BCUT2D eigenvalue weighted by molar-refractivity contribution is 5.78. The Morgan fingerprint density at radius 2 is 2.28 bits per heavy atom. The van der Waals surface area contributed by atoms with Crippen molar-refractivity contribution in [2.75, 3.05) is 6.61 Å². The number of carbonyl (C=O) groups excluding carboxylic acids is 1. The average molecular weight is 246 g/mol. The molecule has 1 aliphatic carbocycles. The second-order valence-corrected chi connectivity index (χ2v) is 4.97. The fourth-order valence-electron chi connectivity index (χ4n) is 2.98. The number of hydrogen-bond acceptors (Lipinski definition) is 3. The normalized spacial score (nSPS) is 29.5. The van der Waals surface area contributed by atoms with Gasteiger partial charge in [0.1, 0.15) is 6.10 Å². The standard InChI is InChI=1S/C15H18O3/c1-2-17-15(16)14-13(18-14)12-9-5-7-10-6-3-4-8-11(10)12/h3-4,6,8,12-14H,2,5,7,9H2,1H3/t12-,13-,14-/m1/s1. The smallest absolute Gasteiger partial charge is 0.338 e. The number of esters is 1. The molecule has 0 aromatic heterocycles. The van der Waals surface area contributed by atoms with E-state index < -0.39 is 0 Å². The third-order valence-corrected chi connectivity index (χ3v) is 3.86. The minimum absolute atomic E-state index is 0.0329. The molecule has 1 aliphatic heterocycles. The zero-order valence-electron chi connectivity index (χ0n) is 10.6. The maximum atomic E-state index is 11.6. The molecule has 3 heteroatoms. The Morgan fingerprint density at radius 1 is 1.44 bits per heavy atom. The van der Waals surface area contributed by atoms with Gasteiger partial charge in [0, 0.05) is 5.92 Å². The van der Waals surface area contributed by atoms with Gasteiger partial charge >= 0.3 is 5.97 Å². The molecule has 1 aromatic carbocycles. The van der Waals surface area contributed by atoms with Gasteiger partial charge in [-0.3, -0.25) is 0 Å². The zero-order valence-corrected chi connectivity index (χ0v) is 10.6. The molecule has 1 aromatic rings. The number of carbonyl (C=O) groups is 1. The maximum Gasteiger partial charge on any atom is 0.338 e. The molecule has 2 aliphatic rings. The van der Waals surface area contributed by atoms with Gasteiger partial charge in [-0.15, -0.1) is 0 Å². The van der Waals surface area contributed by atoms with Crippen LogP contribution in [0.5, 0.6) is 0 Å². The van der Waals surface area contributed by atoms with Crippen molar-refractivity contribution in [2.24, 2.45) is 0 Å². The van der Waals surface area contributed by atoms with Gasteiger partial charge in [0.15, 0.2) is 6.10 Å². The number of benzene rings is 1. The van der Waals surface area contributed by atoms with Crippen molar-refractivity contribution >= 4 is 5.97 Å². The molecule has 3 rings (SSSR count). The summed E-state index contributed by atoms with van der Waals surface area (Å²) in [6, 6.07) is 8.50. The monoisotopic (exact) mass is 246 g/mol. The number of fused-ring (bicyclic) bond motifs is 1. The van der Waals surface area contributed by atoms with Crippen LogP contribution in [0.15, 0.2) is 24.3 Å². The third kappa shape index (κ3) is 2.03. The van der Waals surface area contributed by atoms with Gasteiger partial charge in [-0.1, -0.05) is 24.3 Å². The van der Waals surface area contributed by atoms with Crippen LogP contribution in [-0.4, -0.2) is 24.8 Å². The summed E-state index contributed by atoms with van der Waals surface area (Å²) < 4.78 is 10.6. The van der Waals surface area contributed by atoms with Gasteiger partial charge < -0.3 is 9.47 Å². The van der Waals surface area contributed by atoms with E-state index in [9.17, 15) is 4.79 Å². The van der Waals surface area contributed by atoms with Crippen molar-refractivity contribution in [2.45, 2.75) is 44.3 Å². The fourth-order valence-corrected chi connectivity index (χ4v) is 2.98. The van der Waals surface area contributed by atoms with Crippen molar-refractivity contribution in [3.8, 4) is 0 Å². The topological polar surface area (TPSA) is 38.8 Å². The predicted octanol–water partition coefficient (Wildman–Crippen LogP) is 2.44. The largest absolute Gasteiger partial charge is 0.464 e. The van der Waals surface area contributed by atoms with Gasteiger partial charge in [-0.2, -0.15) is 0 Å². The summed E-state index contributed by atoms with van der Waals surface area (Å²) in [5, 5.41) is 0. The first kappa shape index (κ1) is 11.7. The number of hydrogen-bond donors (Lipinski definition) is 0. The van der Waals surface area contributed by atoms with Crippen LogP contribution in [0, 0.1) is 0 Å². The van der Waals surface area contributed by atoms with Gasteiger partial charge in [-0.05, 0) is 37.3 Å². The van der Waals surface area contributed by atoms with Crippen molar-refractivity contribution < 1.29 is 14.3 Å². The first-order valence-electron chi connectivity index (χ1n) is 6.71. The number of aryl methyl sites for hydroxylation is 1. The first-order chi connectivity index (χ1) is 8.81. The summed E-state index contributed by atoms with van der Waals surface area (Å²) in [5.41, 5.74) is 2.77. The molecular weight excluding hydrogens is 228 g/mol. The molecule has 1 saturated heterocycles. The number of rotatable bonds is 3.